The molecule has 11 heteroatoms. The average Bonchev–Trinajstić information content (AvgIpc) is 2.93. The highest BCUT2D eigenvalue weighted by Crippen LogP contribution is 2.27. The molecule has 2 amide bonds. The third-order valence-corrected chi connectivity index (χ3v) is 6.74. The molecule has 0 aromatic heterocycles. The fourth-order valence-electron chi connectivity index (χ4n) is 4.40. The van der Waals surface area contributed by atoms with E-state index >= 15 is 0 Å². The number of hydrogen-bond donors (Lipinski definition) is 4. The number of unbranched alkanes of at least 4 members (excludes halogenated alkanes) is 1. The number of ether oxygens (including phenoxy) is 1. The van der Waals surface area contributed by atoms with Gasteiger partial charge in [0.15, 0.2) is 0 Å². The van der Waals surface area contributed by atoms with Crippen LogP contribution in [-0.2, 0) is 28.9 Å². The van der Waals surface area contributed by atoms with Gasteiger partial charge in [0.1, 0.15) is 17.7 Å². The zero-order chi connectivity index (χ0) is 30.4. The monoisotopic (exact) mass is 583 g/mol. The van der Waals surface area contributed by atoms with Crippen molar-refractivity contribution < 1.29 is 37.0 Å². The van der Waals surface area contributed by atoms with Gasteiger partial charge in [-0.25, -0.2) is 22.4 Å². The fourth-order valence-corrected chi connectivity index (χ4v) is 4.40. The number of alkyl carbamates (subject to hydrolysis) is 1. The number of carbonyl (C=O) groups excluding carboxylic acids is 2. The number of amides is 2. The van der Waals surface area contributed by atoms with Crippen molar-refractivity contribution in [1.82, 2.24) is 16.0 Å². The highest BCUT2D eigenvalue weighted by atomic mass is 19.3. The van der Waals surface area contributed by atoms with Crippen molar-refractivity contribution in [3.63, 3.8) is 0 Å². The molecule has 2 aromatic rings. The first-order chi connectivity index (χ1) is 19.5. The van der Waals surface area contributed by atoms with Gasteiger partial charge < -0.3 is 25.8 Å². The number of methoxy groups -OCH3 is 1. The Kier molecular flexibility index (Phi) is 14.1. The molecule has 0 bridgehead atoms. The molecular weight excluding hydrogens is 542 g/mol. The van der Waals surface area contributed by atoms with E-state index in [1.165, 1.54) is 0 Å². The minimum Gasteiger partial charge on any atom is -0.453 e. The van der Waals surface area contributed by atoms with Crippen molar-refractivity contribution in [2.75, 3.05) is 13.7 Å². The normalized spacial score (nSPS) is 13.8. The van der Waals surface area contributed by atoms with Crippen molar-refractivity contribution in [3.05, 3.63) is 70.8 Å². The molecule has 0 saturated heterocycles. The number of hydrogen-bond acceptors (Lipinski definition) is 5. The van der Waals surface area contributed by atoms with Crippen LogP contribution in [0, 0.1) is 11.6 Å². The number of aliphatic hydroxyl groups excluding tert-OH is 1. The number of halogens is 4. The van der Waals surface area contributed by atoms with Crippen molar-refractivity contribution in [2.24, 2.45) is 0 Å². The Hall–Kier alpha value is -3.18. The van der Waals surface area contributed by atoms with E-state index in [-0.39, 0.29) is 31.4 Å². The molecule has 0 fully saturated rings. The zero-order valence-electron chi connectivity index (χ0n) is 23.8. The molecule has 0 saturated carbocycles. The van der Waals surface area contributed by atoms with Gasteiger partial charge in [-0.15, -0.1) is 0 Å². The third kappa shape index (κ3) is 12.5. The zero-order valence-corrected chi connectivity index (χ0v) is 23.8. The van der Waals surface area contributed by atoms with Crippen LogP contribution in [0.1, 0.15) is 62.6 Å². The third-order valence-electron chi connectivity index (χ3n) is 6.74. The maximum Gasteiger partial charge on any atom is 0.407 e. The Morgan fingerprint density at radius 1 is 0.976 bits per heavy atom. The van der Waals surface area contributed by atoms with Gasteiger partial charge in [0, 0.05) is 32.0 Å². The summed E-state index contributed by atoms with van der Waals surface area (Å²) in [4.78, 5) is 25.1. The van der Waals surface area contributed by atoms with Gasteiger partial charge in [0.05, 0.1) is 19.3 Å². The first-order valence-electron chi connectivity index (χ1n) is 13.9. The lowest BCUT2D eigenvalue weighted by molar-refractivity contribution is -0.125. The molecule has 7 nitrogen and oxygen atoms in total. The summed E-state index contributed by atoms with van der Waals surface area (Å²) in [7, 11) is 1.08. The lowest BCUT2D eigenvalue weighted by atomic mass is 9.98. The summed E-state index contributed by atoms with van der Waals surface area (Å²) >= 11 is 0. The van der Waals surface area contributed by atoms with E-state index in [1.807, 2.05) is 31.2 Å². The van der Waals surface area contributed by atoms with Crippen molar-refractivity contribution in [2.45, 2.75) is 89.4 Å². The first-order valence-corrected chi connectivity index (χ1v) is 13.9. The van der Waals surface area contributed by atoms with Crippen molar-refractivity contribution in [1.29, 1.82) is 0 Å². The molecule has 0 heterocycles. The fraction of sp³-hybridized carbons (Fsp3) is 0.533. The van der Waals surface area contributed by atoms with Gasteiger partial charge >= 0.3 is 6.09 Å². The lowest BCUT2D eigenvalue weighted by Crippen LogP contribution is -2.55. The minimum absolute atomic E-state index is 0.00326. The summed E-state index contributed by atoms with van der Waals surface area (Å²) in [6.45, 7) is 4.24. The van der Waals surface area contributed by atoms with E-state index in [1.54, 1.807) is 6.92 Å². The molecule has 4 N–H and O–H groups in total. The Morgan fingerprint density at radius 3 is 2.29 bits per heavy atom. The molecule has 0 aliphatic carbocycles. The summed E-state index contributed by atoms with van der Waals surface area (Å²) in [5.41, 5.74) is 2.30. The van der Waals surface area contributed by atoms with Gasteiger partial charge in [-0.3, -0.25) is 4.79 Å². The number of nitrogens with one attached hydrogen (secondary N) is 3. The van der Waals surface area contributed by atoms with Crippen LogP contribution in [0.25, 0.3) is 0 Å². The maximum atomic E-state index is 14.3. The SMILES string of the molecule is CCCCC(F)(F)CC[C@@H](NC(=O)OC)C(=O)N[C@@H](Cc1cc(F)cc(F)c1)[C@H](O)CNCc1cccc(CC)c1. The second-order valence-corrected chi connectivity index (χ2v) is 10.2. The van der Waals surface area contributed by atoms with E-state index in [0.717, 1.165) is 36.8 Å². The van der Waals surface area contributed by atoms with Crippen LogP contribution in [0.15, 0.2) is 42.5 Å². The molecule has 0 aliphatic heterocycles. The molecule has 0 aliphatic rings. The second kappa shape index (κ2) is 16.9. The molecule has 41 heavy (non-hydrogen) atoms. The lowest BCUT2D eigenvalue weighted by Gasteiger charge is -2.28. The van der Waals surface area contributed by atoms with Gasteiger partial charge in [0.2, 0.25) is 11.8 Å². The summed E-state index contributed by atoms with van der Waals surface area (Å²) in [5, 5.41) is 19.0. The van der Waals surface area contributed by atoms with E-state index in [9.17, 15) is 32.3 Å². The summed E-state index contributed by atoms with van der Waals surface area (Å²) in [6.07, 6.45) is -2.02. The number of alkyl halides is 2. The van der Waals surface area contributed by atoms with Gasteiger partial charge in [-0.1, -0.05) is 44.5 Å². The number of benzene rings is 2. The molecular formula is C30H41F4N3O4. The van der Waals surface area contributed by atoms with E-state index < -0.39 is 54.2 Å². The molecule has 2 aromatic carbocycles. The average molecular weight is 584 g/mol. The largest absolute Gasteiger partial charge is 0.453 e. The van der Waals surface area contributed by atoms with Crippen LogP contribution < -0.4 is 16.0 Å². The van der Waals surface area contributed by atoms with E-state index in [4.69, 9.17) is 0 Å². The van der Waals surface area contributed by atoms with E-state index in [2.05, 4.69) is 20.7 Å². The van der Waals surface area contributed by atoms with Crippen LogP contribution in [0.5, 0.6) is 0 Å². The van der Waals surface area contributed by atoms with Crippen molar-refractivity contribution >= 4 is 12.0 Å². The van der Waals surface area contributed by atoms with Gasteiger partial charge in [-0.05, 0) is 54.5 Å². The molecule has 228 valence electrons. The smallest absolute Gasteiger partial charge is 0.407 e. The molecule has 0 spiro atoms. The van der Waals surface area contributed by atoms with Gasteiger partial charge in [-0.2, -0.15) is 0 Å². The van der Waals surface area contributed by atoms with E-state index in [0.29, 0.717) is 25.5 Å². The minimum atomic E-state index is -3.04. The molecule has 2 rings (SSSR count). The van der Waals surface area contributed by atoms with Crippen LogP contribution in [0.3, 0.4) is 0 Å². The number of rotatable bonds is 17. The Balaban J connectivity index is 2.18. The topological polar surface area (TPSA) is 99.7 Å². The van der Waals surface area contributed by atoms with Crippen molar-refractivity contribution in [3.8, 4) is 0 Å². The quantitative estimate of drug-likeness (QED) is 0.196. The Morgan fingerprint density at radius 2 is 1.66 bits per heavy atom. The molecule has 0 unspecified atom stereocenters. The van der Waals surface area contributed by atoms with Crippen LogP contribution in [-0.4, -0.2) is 54.9 Å². The predicted molar refractivity (Wildman–Crippen MR) is 149 cm³/mol. The number of aryl methyl sites for hydroxylation is 1. The summed E-state index contributed by atoms with van der Waals surface area (Å²) in [5.74, 6) is -5.53. The number of carbonyl (C=O) groups is 2. The Labute approximate surface area is 239 Å². The first kappa shape index (κ1) is 34.0. The summed E-state index contributed by atoms with van der Waals surface area (Å²) in [6, 6.07) is 8.27. The van der Waals surface area contributed by atoms with Crippen LogP contribution in [0.4, 0.5) is 22.4 Å². The number of aliphatic hydroxyl groups is 1. The highest BCUT2D eigenvalue weighted by Gasteiger charge is 2.33. The standard InChI is InChI=1S/C30H41F4N3O4/c1-4-6-11-30(33,34)12-10-25(37-29(40)41-3)28(39)36-26(16-22-14-23(31)17-24(32)15-22)27(38)19-35-18-21-9-7-8-20(5-2)13-21/h7-9,13-15,17,25-27,35,38H,4-6,10-12,16,18-19H2,1-3H3,(H,36,39)(H,37,40)/t25-,26+,27-/m1/s1. The highest BCUT2D eigenvalue weighted by molar-refractivity contribution is 5.85. The molecule has 0 radical (unpaired) electrons. The van der Waals surface area contributed by atoms with Crippen LogP contribution in [0.2, 0.25) is 0 Å². The molecule has 3 atom stereocenters. The Bertz CT molecular complexity index is 1100. The maximum absolute atomic E-state index is 14.3. The van der Waals surface area contributed by atoms with Crippen LogP contribution >= 0.6 is 0 Å². The van der Waals surface area contributed by atoms with Gasteiger partial charge in [0.25, 0.3) is 0 Å². The summed E-state index contributed by atoms with van der Waals surface area (Å²) < 4.78 is 61.0. The second-order valence-electron chi connectivity index (χ2n) is 10.2. The predicted octanol–water partition coefficient (Wildman–Crippen LogP) is 5.04.